The van der Waals surface area contributed by atoms with Crippen molar-refractivity contribution in [2.45, 2.75) is 143 Å². The summed E-state index contributed by atoms with van der Waals surface area (Å²) in [6.45, 7) is 13.8. The van der Waals surface area contributed by atoms with Gasteiger partial charge in [-0.15, -0.1) is 9.05 Å². The molecule has 11 nitrogen and oxygen atoms in total. The number of nitrogens with zero attached hydrogens (tertiary/aromatic N) is 4. The highest BCUT2D eigenvalue weighted by Crippen LogP contribution is 2.67. The molecule has 0 aromatic carbocycles. The van der Waals surface area contributed by atoms with Gasteiger partial charge in [-0.1, -0.05) is 70.6 Å². The highest BCUT2D eigenvalue weighted by Gasteiger charge is 2.59. The van der Waals surface area contributed by atoms with Gasteiger partial charge in [0.05, 0.1) is 12.1 Å². The molecule has 4 aliphatic carbocycles. The van der Waals surface area contributed by atoms with Gasteiger partial charge in [0.15, 0.2) is 0 Å². The lowest BCUT2D eigenvalue weighted by Gasteiger charge is -2.58. The van der Waals surface area contributed by atoms with Crippen LogP contribution in [0.25, 0.3) is 10.4 Å². The van der Waals surface area contributed by atoms with Gasteiger partial charge in [-0.25, -0.2) is 4.79 Å². The van der Waals surface area contributed by atoms with E-state index in [0.717, 1.165) is 55.3 Å². The van der Waals surface area contributed by atoms with Crippen molar-refractivity contribution in [1.82, 2.24) is 9.55 Å². The number of aryl methyl sites for hydroxylation is 1. The SMILES string of the molecule is Cc1cn([C@H]2C[C@H](N=[N+]=[N-])[C@@H](CO[P+](=O)O[C@H]3CC[C@@]4(C)C(=CC[C@H]5[C@@H]6CC[C@H]([C@H](C)CCCC(C)C)[C@@]6(C)CC[C@@H]54)C3)O2)c(=O)[nH]c1=O. The molecule has 1 saturated heterocycles. The fourth-order valence-corrected chi connectivity index (χ4v) is 11.8. The van der Waals surface area contributed by atoms with Crippen molar-refractivity contribution in [2.24, 2.45) is 51.5 Å². The number of aromatic amines is 1. The summed E-state index contributed by atoms with van der Waals surface area (Å²) < 4.78 is 32.0. The largest absolute Gasteiger partial charge is 0.697 e. The van der Waals surface area contributed by atoms with E-state index in [0.29, 0.717) is 16.9 Å². The number of fused-ring (bicyclic) bond motifs is 5. The Balaban J connectivity index is 1.04. The molecule has 1 aromatic heterocycles. The van der Waals surface area contributed by atoms with Crippen molar-refractivity contribution in [2.75, 3.05) is 6.61 Å². The first-order valence-electron chi connectivity index (χ1n) is 18.8. The normalized spacial score (nSPS) is 37.9. The predicted molar refractivity (Wildman–Crippen MR) is 189 cm³/mol. The highest BCUT2D eigenvalue weighted by molar-refractivity contribution is 7.33. The van der Waals surface area contributed by atoms with E-state index in [1.807, 2.05) is 0 Å². The van der Waals surface area contributed by atoms with Gasteiger partial charge in [-0.05, 0) is 104 Å². The maximum absolute atomic E-state index is 13.1. The molecule has 1 unspecified atom stereocenters. The molecule has 1 aliphatic heterocycles. The van der Waals surface area contributed by atoms with Crippen LogP contribution in [0.15, 0.2) is 32.5 Å². The molecule has 1 N–H and O–H groups in total. The maximum Gasteiger partial charge on any atom is 0.697 e. The van der Waals surface area contributed by atoms with Crippen LogP contribution >= 0.6 is 8.25 Å². The molecule has 12 heteroatoms. The number of hydrogen-bond acceptors (Lipinski definition) is 7. The van der Waals surface area contributed by atoms with Crippen LogP contribution < -0.4 is 11.2 Å². The van der Waals surface area contributed by atoms with Crippen molar-refractivity contribution in [1.29, 1.82) is 0 Å². The fraction of sp³-hybridized carbons (Fsp3) is 0.838. The summed E-state index contributed by atoms with van der Waals surface area (Å²) in [5, 5.41) is 3.83. The Labute approximate surface area is 291 Å². The number of hydrogen-bond donors (Lipinski definition) is 1. The quantitative estimate of drug-likeness (QED) is 0.0758. The first-order valence-corrected chi connectivity index (χ1v) is 19.9. The number of H-pyrrole nitrogens is 1. The van der Waals surface area contributed by atoms with Gasteiger partial charge in [0.2, 0.25) is 0 Å². The summed E-state index contributed by atoms with van der Waals surface area (Å²) in [6.07, 6.45) is 15.8. The Morgan fingerprint density at radius 1 is 1.14 bits per heavy atom. The molecule has 6 rings (SSSR count). The summed E-state index contributed by atoms with van der Waals surface area (Å²) in [4.78, 5) is 29.4. The minimum atomic E-state index is -2.43. The first kappa shape index (κ1) is 36.5. The third-order valence-corrected chi connectivity index (χ3v) is 14.5. The van der Waals surface area contributed by atoms with Gasteiger partial charge in [0.25, 0.3) is 5.56 Å². The van der Waals surface area contributed by atoms with Gasteiger partial charge in [-0.2, -0.15) is 0 Å². The molecule has 0 spiro atoms. The van der Waals surface area contributed by atoms with E-state index >= 15 is 0 Å². The lowest BCUT2D eigenvalue weighted by molar-refractivity contribution is -0.0567. The molecule has 5 aliphatic rings. The van der Waals surface area contributed by atoms with Gasteiger partial charge >= 0.3 is 13.9 Å². The molecule has 12 atom stereocenters. The van der Waals surface area contributed by atoms with Gasteiger partial charge in [0, 0.05) is 34.1 Å². The van der Waals surface area contributed by atoms with E-state index < -0.39 is 37.9 Å². The van der Waals surface area contributed by atoms with E-state index in [-0.39, 0.29) is 24.5 Å². The van der Waals surface area contributed by atoms with E-state index in [1.54, 1.807) is 6.92 Å². The monoisotopic (exact) mass is 698 g/mol. The fourth-order valence-electron chi connectivity index (χ4n) is 11.1. The van der Waals surface area contributed by atoms with E-state index in [1.165, 1.54) is 61.3 Å². The average molecular weight is 699 g/mol. The van der Waals surface area contributed by atoms with Crippen LogP contribution in [0.5, 0.6) is 0 Å². The number of ether oxygens (including phenoxy) is 1. The molecule has 3 saturated carbocycles. The van der Waals surface area contributed by atoms with Crippen LogP contribution in [0.4, 0.5) is 0 Å². The van der Waals surface area contributed by atoms with E-state index in [4.69, 9.17) is 19.3 Å². The second kappa shape index (κ2) is 14.7. The molecule has 1 aromatic rings. The van der Waals surface area contributed by atoms with Crippen molar-refractivity contribution >= 4 is 8.25 Å². The number of rotatable bonds is 12. The molecule has 0 radical (unpaired) electrons. The smallest absolute Gasteiger partial charge is 0.352 e. The van der Waals surface area contributed by atoms with Crippen LogP contribution in [-0.2, 0) is 18.3 Å². The standard InChI is InChI=1S/C37H56N5O6P/c1-22(2)8-7-9-23(3)28-12-13-29-27-11-10-25-18-26(14-16-36(25,5)30(27)15-17-37(28,29)6)48-49(45)46-21-32-31(40-41-38)19-33(47-32)42-20-24(4)34(43)39-35(42)44/h10,20,22-23,26-33H,7-9,11-19,21H2,1-6H3/p+1/t23-,26+,27+,28-,29+,30+,31+,32-,33-,36+,37-/m1/s1. The van der Waals surface area contributed by atoms with Crippen LogP contribution in [0.1, 0.15) is 123 Å². The summed E-state index contributed by atoms with van der Waals surface area (Å²) in [7, 11) is -2.43. The second-order valence-electron chi connectivity index (χ2n) is 16.9. The number of allylic oxidation sites excluding steroid dienone is 1. The van der Waals surface area contributed by atoms with Crippen molar-refractivity contribution in [3.63, 3.8) is 0 Å². The van der Waals surface area contributed by atoms with Crippen LogP contribution in [0.3, 0.4) is 0 Å². The molecular formula is C37H57N5O6P+. The maximum atomic E-state index is 13.1. The second-order valence-corrected chi connectivity index (χ2v) is 17.8. The van der Waals surface area contributed by atoms with E-state index in [9.17, 15) is 14.2 Å². The number of aromatic nitrogens is 2. The highest BCUT2D eigenvalue weighted by atomic mass is 31.1. The lowest BCUT2D eigenvalue weighted by atomic mass is 9.47. The van der Waals surface area contributed by atoms with Crippen molar-refractivity contribution in [3.8, 4) is 0 Å². The summed E-state index contributed by atoms with van der Waals surface area (Å²) in [5.41, 5.74) is 10.5. The zero-order valence-electron chi connectivity index (χ0n) is 30.3. The van der Waals surface area contributed by atoms with Gasteiger partial charge in [0.1, 0.15) is 18.9 Å². The zero-order valence-corrected chi connectivity index (χ0v) is 31.2. The van der Waals surface area contributed by atoms with Gasteiger partial charge in [-0.3, -0.25) is 14.3 Å². The van der Waals surface area contributed by atoms with Crippen molar-refractivity contribution < 1.29 is 18.3 Å². The molecule has 0 amide bonds. The van der Waals surface area contributed by atoms with Crippen LogP contribution in [-0.4, -0.2) is 34.4 Å². The summed E-state index contributed by atoms with van der Waals surface area (Å²) in [5.74, 6) is 4.72. The minimum absolute atomic E-state index is 0.110. The molecule has 0 bridgehead atoms. The third-order valence-electron chi connectivity index (χ3n) is 13.7. The van der Waals surface area contributed by atoms with Crippen LogP contribution in [0.2, 0.25) is 0 Å². The molecule has 4 fully saturated rings. The average Bonchev–Trinajstić information content (AvgIpc) is 3.62. The predicted octanol–water partition coefficient (Wildman–Crippen LogP) is 8.91. The van der Waals surface area contributed by atoms with E-state index in [2.05, 4.69) is 55.7 Å². The van der Waals surface area contributed by atoms with Crippen LogP contribution in [0, 0.1) is 53.3 Å². The van der Waals surface area contributed by atoms with Crippen molar-refractivity contribution in [3.05, 3.63) is 54.7 Å². The van der Waals surface area contributed by atoms with Gasteiger partial charge < -0.3 is 4.74 Å². The Bertz CT molecular complexity index is 1590. The Morgan fingerprint density at radius 3 is 2.69 bits per heavy atom. The third kappa shape index (κ3) is 7.26. The summed E-state index contributed by atoms with van der Waals surface area (Å²) >= 11 is 0. The Kier molecular flexibility index (Phi) is 11.0. The zero-order chi connectivity index (χ0) is 35.1. The Morgan fingerprint density at radius 2 is 1.94 bits per heavy atom. The molecular weight excluding hydrogens is 641 g/mol. The molecule has 2 heterocycles. The minimum Gasteiger partial charge on any atom is -0.352 e. The summed E-state index contributed by atoms with van der Waals surface area (Å²) in [6, 6.07) is -0.631. The number of azide groups is 1. The Hall–Kier alpha value is -2.29. The molecule has 49 heavy (non-hydrogen) atoms. The molecule has 270 valence electrons. The number of nitrogens with one attached hydrogen (secondary N) is 1. The first-order chi connectivity index (χ1) is 23.3. The topological polar surface area (TPSA) is 148 Å². The lowest BCUT2D eigenvalue weighted by Crippen LogP contribution is -2.50.